The molecule has 0 aliphatic heterocycles. The molecule has 0 spiro atoms. The normalized spacial score (nSPS) is 18.7. The van der Waals surface area contributed by atoms with E-state index in [2.05, 4.69) is 36.4 Å². The molecule has 0 aromatic rings. The van der Waals surface area contributed by atoms with Gasteiger partial charge in [0.1, 0.15) is 0 Å². The molecule has 1 aliphatic carbocycles. The van der Waals surface area contributed by atoms with E-state index in [0.29, 0.717) is 12.1 Å². The quantitative estimate of drug-likeness (QED) is 0.538. The molecular weight excluding hydrogens is 198 g/mol. The van der Waals surface area contributed by atoms with Crippen LogP contribution in [0.4, 0.5) is 0 Å². The number of aliphatic imine (C=N–C) groups is 1. The van der Waals surface area contributed by atoms with Crippen molar-refractivity contribution >= 4 is 5.96 Å². The lowest BCUT2D eigenvalue weighted by molar-refractivity contribution is 0.491. The Hall–Kier alpha value is -0.730. The predicted octanol–water partition coefficient (Wildman–Crippen LogP) is 2.53. The molecule has 1 atom stereocenters. The molecular formula is C13H27N3. The van der Waals surface area contributed by atoms with Gasteiger partial charge in [0.05, 0.1) is 0 Å². The highest BCUT2D eigenvalue weighted by atomic mass is 15.2. The molecule has 1 unspecified atom stereocenters. The molecule has 94 valence electrons. The molecule has 3 heteroatoms. The minimum atomic E-state index is 0.517. The van der Waals surface area contributed by atoms with E-state index in [1.165, 1.54) is 32.1 Å². The van der Waals surface area contributed by atoms with Crippen molar-refractivity contribution in [1.82, 2.24) is 10.6 Å². The SMILES string of the molecule is CN=C(NC(C)CCCC(C)C)NC1CC1. The number of rotatable bonds is 6. The summed E-state index contributed by atoms with van der Waals surface area (Å²) in [5.74, 6) is 1.79. The van der Waals surface area contributed by atoms with Crippen LogP contribution in [0.15, 0.2) is 4.99 Å². The van der Waals surface area contributed by atoms with E-state index >= 15 is 0 Å². The van der Waals surface area contributed by atoms with Gasteiger partial charge in [-0.2, -0.15) is 0 Å². The molecule has 16 heavy (non-hydrogen) atoms. The Kier molecular flexibility index (Phi) is 5.64. The van der Waals surface area contributed by atoms with Crippen LogP contribution >= 0.6 is 0 Å². The molecule has 1 fully saturated rings. The second-order valence-corrected chi connectivity index (χ2v) is 5.36. The Labute approximate surface area is 100 Å². The lowest BCUT2D eigenvalue weighted by Crippen LogP contribution is -2.43. The topological polar surface area (TPSA) is 36.4 Å². The van der Waals surface area contributed by atoms with Crippen LogP contribution in [0, 0.1) is 5.92 Å². The van der Waals surface area contributed by atoms with E-state index in [9.17, 15) is 0 Å². The predicted molar refractivity (Wildman–Crippen MR) is 70.8 cm³/mol. The fourth-order valence-electron chi connectivity index (χ4n) is 1.73. The zero-order valence-electron chi connectivity index (χ0n) is 11.2. The molecule has 3 nitrogen and oxygen atoms in total. The number of nitrogens with one attached hydrogen (secondary N) is 2. The number of hydrogen-bond acceptors (Lipinski definition) is 1. The monoisotopic (exact) mass is 225 g/mol. The molecule has 0 aromatic carbocycles. The van der Waals surface area contributed by atoms with E-state index in [0.717, 1.165) is 11.9 Å². The van der Waals surface area contributed by atoms with Crippen LogP contribution in [0.3, 0.4) is 0 Å². The van der Waals surface area contributed by atoms with Gasteiger partial charge in [-0.05, 0) is 32.1 Å². The lowest BCUT2D eigenvalue weighted by Gasteiger charge is -2.18. The molecule has 0 bridgehead atoms. The maximum absolute atomic E-state index is 4.25. The summed E-state index contributed by atoms with van der Waals surface area (Å²) < 4.78 is 0. The van der Waals surface area contributed by atoms with Crippen molar-refractivity contribution in [2.75, 3.05) is 7.05 Å². The van der Waals surface area contributed by atoms with Gasteiger partial charge in [0.15, 0.2) is 5.96 Å². The Morgan fingerprint density at radius 1 is 1.25 bits per heavy atom. The summed E-state index contributed by atoms with van der Waals surface area (Å²) in [6.45, 7) is 6.80. The average molecular weight is 225 g/mol. The Morgan fingerprint density at radius 2 is 1.94 bits per heavy atom. The molecule has 1 saturated carbocycles. The van der Waals surface area contributed by atoms with Gasteiger partial charge < -0.3 is 10.6 Å². The first kappa shape index (κ1) is 13.3. The average Bonchev–Trinajstić information content (AvgIpc) is 3.00. The fourth-order valence-corrected chi connectivity index (χ4v) is 1.73. The summed E-state index contributed by atoms with van der Waals surface area (Å²) in [4.78, 5) is 4.25. The minimum absolute atomic E-state index is 0.517. The van der Waals surface area contributed by atoms with Gasteiger partial charge in [0.2, 0.25) is 0 Å². The van der Waals surface area contributed by atoms with Crippen LogP contribution in [0.5, 0.6) is 0 Å². The van der Waals surface area contributed by atoms with Crippen molar-refractivity contribution in [3.63, 3.8) is 0 Å². The van der Waals surface area contributed by atoms with Crippen molar-refractivity contribution < 1.29 is 0 Å². The van der Waals surface area contributed by atoms with Crippen LogP contribution in [0.1, 0.15) is 52.9 Å². The van der Waals surface area contributed by atoms with Crippen LogP contribution in [-0.2, 0) is 0 Å². The second kappa shape index (κ2) is 6.77. The van der Waals surface area contributed by atoms with E-state index < -0.39 is 0 Å². The number of guanidine groups is 1. The largest absolute Gasteiger partial charge is 0.354 e. The molecule has 0 amide bonds. The standard InChI is InChI=1S/C13H27N3/c1-10(2)6-5-7-11(3)15-13(14-4)16-12-8-9-12/h10-12H,5-9H2,1-4H3,(H2,14,15,16). The Balaban J connectivity index is 2.12. The molecule has 1 aliphatic rings. The molecule has 0 saturated heterocycles. The van der Waals surface area contributed by atoms with Crippen molar-refractivity contribution in [2.45, 2.75) is 65.0 Å². The van der Waals surface area contributed by atoms with Crippen molar-refractivity contribution in [1.29, 1.82) is 0 Å². The Morgan fingerprint density at radius 3 is 2.44 bits per heavy atom. The summed E-state index contributed by atoms with van der Waals surface area (Å²) in [6.07, 6.45) is 6.43. The van der Waals surface area contributed by atoms with Crippen molar-refractivity contribution in [3.8, 4) is 0 Å². The zero-order chi connectivity index (χ0) is 12.0. The lowest BCUT2D eigenvalue weighted by atomic mass is 10.0. The van der Waals surface area contributed by atoms with E-state index in [4.69, 9.17) is 0 Å². The first-order valence-electron chi connectivity index (χ1n) is 6.61. The highest BCUT2D eigenvalue weighted by Crippen LogP contribution is 2.18. The van der Waals surface area contributed by atoms with E-state index in [-0.39, 0.29) is 0 Å². The second-order valence-electron chi connectivity index (χ2n) is 5.36. The highest BCUT2D eigenvalue weighted by molar-refractivity contribution is 5.80. The third kappa shape index (κ3) is 5.99. The Bertz CT molecular complexity index is 219. The summed E-state index contributed by atoms with van der Waals surface area (Å²) in [6, 6.07) is 1.19. The van der Waals surface area contributed by atoms with Gasteiger partial charge in [-0.1, -0.05) is 26.7 Å². The summed E-state index contributed by atoms with van der Waals surface area (Å²) >= 11 is 0. The van der Waals surface area contributed by atoms with Crippen molar-refractivity contribution in [3.05, 3.63) is 0 Å². The number of nitrogens with zero attached hydrogens (tertiary/aromatic N) is 1. The zero-order valence-corrected chi connectivity index (χ0v) is 11.2. The smallest absolute Gasteiger partial charge is 0.191 e. The van der Waals surface area contributed by atoms with Gasteiger partial charge in [0.25, 0.3) is 0 Å². The van der Waals surface area contributed by atoms with Gasteiger partial charge >= 0.3 is 0 Å². The molecule has 0 heterocycles. The van der Waals surface area contributed by atoms with Crippen molar-refractivity contribution in [2.24, 2.45) is 10.9 Å². The summed E-state index contributed by atoms with van der Waals surface area (Å²) in [7, 11) is 1.85. The van der Waals surface area contributed by atoms with Crippen LogP contribution < -0.4 is 10.6 Å². The molecule has 2 N–H and O–H groups in total. The summed E-state index contributed by atoms with van der Waals surface area (Å²) in [5, 5.41) is 6.86. The molecule has 0 radical (unpaired) electrons. The fraction of sp³-hybridized carbons (Fsp3) is 0.923. The highest BCUT2D eigenvalue weighted by Gasteiger charge is 2.22. The third-order valence-electron chi connectivity index (χ3n) is 2.94. The van der Waals surface area contributed by atoms with Crippen LogP contribution in [0.2, 0.25) is 0 Å². The first-order chi connectivity index (χ1) is 7.61. The minimum Gasteiger partial charge on any atom is -0.354 e. The van der Waals surface area contributed by atoms with Gasteiger partial charge in [0, 0.05) is 19.1 Å². The van der Waals surface area contributed by atoms with Gasteiger partial charge in [-0.3, -0.25) is 4.99 Å². The third-order valence-corrected chi connectivity index (χ3v) is 2.94. The number of hydrogen-bond donors (Lipinski definition) is 2. The maximum atomic E-state index is 4.25. The molecule has 0 aromatic heterocycles. The first-order valence-corrected chi connectivity index (χ1v) is 6.61. The van der Waals surface area contributed by atoms with E-state index in [1.807, 2.05) is 7.05 Å². The van der Waals surface area contributed by atoms with Gasteiger partial charge in [-0.25, -0.2) is 0 Å². The van der Waals surface area contributed by atoms with E-state index in [1.54, 1.807) is 0 Å². The van der Waals surface area contributed by atoms with Gasteiger partial charge in [-0.15, -0.1) is 0 Å². The van der Waals surface area contributed by atoms with Crippen LogP contribution in [-0.4, -0.2) is 25.1 Å². The van der Waals surface area contributed by atoms with Crippen LogP contribution in [0.25, 0.3) is 0 Å². The maximum Gasteiger partial charge on any atom is 0.191 e. The summed E-state index contributed by atoms with van der Waals surface area (Å²) in [5.41, 5.74) is 0. The molecule has 1 rings (SSSR count).